The topological polar surface area (TPSA) is 12.0 Å². The van der Waals surface area contributed by atoms with Crippen molar-refractivity contribution in [2.75, 3.05) is 7.05 Å². The predicted octanol–water partition coefficient (Wildman–Crippen LogP) is 0.457. The standard InChI is InChI=1S/CH4N.2CH3.In/c1-2;;;/h2H,1H3;2*1H3;/q-1;;;+1. The van der Waals surface area contributed by atoms with Gasteiger partial charge in [-0.1, -0.05) is 0 Å². The van der Waals surface area contributed by atoms with Crippen LogP contribution in [0.4, 0.5) is 0 Å². The third kappa shape index (κ3) is 4.83. The van der Waals surface area contributed by atoms with Crippen molar-refractivity contribution in [2.24, 2.45) is 0 Å². The quantitative estimate of drug-likeness (QED) is 0.610. The van der Waals surface area contributed by atoms with E-state index in [1.807, 2.05) is 7.05 Å². The van der Waals surface area contributed by atoms with E-state index in [0.717, 1.165) is 0 Å². The van der Waals surface area contributed by atoms with E-state index in [2.05, 4.69) is 12.7 Å². The van der Waals surface area contributed by atoms with Crippen molar-refractivity contribution >= 4 is 21.7 Å². The summed E-state index contributed by atoms with van der Waals surface area (Å²) >= 11 is -0.929. The van der Waals surface area contributed by atoms with Crippen molar-refractivity contribution in [1.29, 1.82) is 0 Å². The van der Waals surface area contributed by atoms with Gasteiger partial charge in [-0.05, 0) is 0 Å². The molecule has 0 amide bonds. The van der Waals surface area contributed by atoms with Crippen LogP contribution in [0.25, 0.3) is 0 Å². The molecular weight excluding hydrogens is 165 g/mol. The van der Waals surface area contributed by atoms with Crippen LogP contribution in [-0.2, 0) is 0 Å². The zero-order valence-electron chi connectivity index (χ0n) is 4.08. The molecule has 0 aliphatic heterocycles. The Hall–Kier alpha value is 0.830. The van der Waals surface area contributed by atoms with Crippen molar-refractivity contribution in [1.82, 2.24) is 3.30 Å². The third-order valence-electron chi connectivity index (χ3n) is 0.577. The molecule has 1 nitrogen and oxygen atoms in total. The Bertz CT molecular complexity index is 20.9. The van der Waals surface area contributed by atoms with Gasteiger partial charge in [0.25, 0.3) is 0 Å². The van der Waals surface area contributed by atoms with Gasteiger partial charge >= 0.3 is 41.4 Å². The minimum absolute atomic E-state index is 0.929. The maximum absolute atomic E-state index is 3.24. The van der Waals surface area contributed by atoms with Crippen molar-refractivity contribution in [3.63, 3.8) is 0 Å². The fourth-order valence-corrected chi connectivity index (χ4v) is 0. The van der Waals surface area contributed by atoms with Gasteiger partial charge in [-0.15, -0.1) is 0 Å². The summed E-state index contributed by atoms with van der Waals surface area (Å²) in [5.74, 6) is 0. The van der Waals surface area contributed by atoms with Gasteiger partial charge in [-0.3, -0.25) is 0 Å². The van der Waals surface area contributed by atoms with E-state index in [9.17, 15) is 0 Å². The van der Waals surface area contributed by atoms with Crippen LogP contribution < -0.4 is 3.30 Å². The Morgan fingerprint density at radius 1 is 1.40 bits per heavy atom. The molecule has 0 rings (SSSR count). The van der Waals surface area contributed by atoms with Gasteiger partial charge < -0.3 is 0 Å². The van der Waals surface area contributed by atoms with Crippen molar-refractivity contribution in [2.45, 2.75) is 9.36 Å². The first-order chi connectivity index (χ1) is 2.27. The van der Waals surface area contributed by atoms with Gasteiger partial charge in [0, 0.05) is 0 Å². The summed E-state index contributed by atoms with van der Waals surface area (Å²) in [5.41, 5.74) is 0. The van der Waals surface area contributed by atoms with Crippen molar-refractivity contribution < 1.29 is 0 Å². The number of rotatable bonds is 1. The number of hydrogen-bond donors (Lipinski definition) is 1. The molecule has 0 saturated carbocycles. The molecule has 0 fully saturated rings. The Morgan fingerprint density at radius 3 is 1.60 bits per heavy atom. The molecule has 0 atom stereocenters. The molecule has 0 aromatic carbocycles. The zero-order chi connectivity index (χ0) is 4.28. The summed E-state index contributed by atoms with van der Waals surface area (Å²) in [4.78, 5) is 0. The first kappa shape index (κ1) is 5.83. The molecule has 0 aliphatic carbocycles. The Balaban J connectivity index is 2.54. The van der Waals surface area contributed by atoms with Crippen LogP contribution in [0.1, 0.15) is 0 Å². The normalized spacial score (nSPS) is 7.80. The zero-order valence-corrected chi connectivity index (χ0v) is 7.37. The minimum atomic E-state index is -0.929. The molecule has 0 spiro atoms. The van der Waals surface area contributed by atoms with E-state index in [-0.39, 0.29) is 0 Å². The van der Waals surface area contributed by atoms with Gasteiger partial charge in [0.2, 0.25) is 0 Å². The molecule has 30 valence electrons. The predicted molar refractivity (Wildman–Crippen MR) is 26.5 cm³/mol. The second-order valence-electron chi connectivity index (χ2n) is 1.44. The second-order valence-corrected chi connectivity index (χ2v) is 9.68. The van der Waals surface area contributed by atoms with Crippen LogP contribution in [0.15, 0.2) is 0 Å². The Morgan fingerprint density at radius 2 is 1.60 bits per heavy atom. The molecule has 0 saturated heterocycles. The molecule has 0 aromatic rings. The van der Waals surface area contributed by atoms with Crippen LogP contribution in [0.3, 0.4) is 0 Å². The fraction of sp³-hybridized carbons (Fsp3) is 1.00. The Kier molecular flexibility index (Phi) is 3.54. The molecule has 5 heavy (non-hydrogen) atoms. The molecule has 0 unspecified atom stereocenters. The van der Waals surface area contributed by atoms with E-state index in [1.54, 1.807) is 0 Å². The molecule has 1 N–H and O–H groups in total. The van der Waals surface area contributed by atoms with Crippen LogP contribution in [0, 0.1) is 0 Å². The van der Waals surface area contributed by atoms with Gasteiger partial charge in [-0.2, -0.15) is 0 Å². The SMILES string of the molecule is C[NH][In]([CH3])[CH3]. The van der Waals surface area contributed by atoms with Crippen LogP contribution in [0.2, 0.25) is 9.36 Å². The summed E-state index contributed by atoms with van der Waals surface area (Å²) in [5, 5.41) is 0. The van der Waals surface area contributed by atoms with E-state index < -0.39 is 21.7 Å². The van der Waals surface area contributed by atoms with Gasteiger partial charge in [0.05, 0.1) is 0 Å². The van der Waals surface area contributed by atoms with Gasteiger partial charge in [0.15, 0.2) is 0 Å². The molecule has 2 heteroatoms. The van der Waals surface area contributed by atoms with Crippen LogP contribution in [-0.4, -0.2) is 28.8 Å². The summed E-state index contributed by atoms with van der Waals surface area (Å²) in [6, 6.07) is 0. The van der Waals surface area contributed by atoms with Crippen molar-refractivity contribution in [3.8, 4) is 0 Å². The van der Waals surface area contributed by atoms with E-state index in [4.69, 9.17) is 0 Å². The summed E-state index contributed by atoms with van der Waals surface area (Å²) in [7, 11) is 2.04. The van der Waals surface area contributed by atoms with Crippen molar-refractivity contribution in [3.05, 3.63) is 0 Å². The van der Waals surface area contributed by atoms with Crippen LogP contribution in [0.5, 0.6) is 0 Å². The summed E-state index contributed by atoms with van der Waals surface area (Å²) in [6.07, 6.45) is 0. The number of hydrogen-bond acceptors (Lipinski definition) is 1. The first-order valence-corrected chi connectivity index (χ1v) is 10.2. The van der Waals surface area contributed by atoms with E-state index in [1.165, 1.54) is 0 Å². The molecule has 0 bridgehead atoms. The third-order valence-corrected chi connectivity index (χ3v) is 3.87. The number of nitrogens with one attached hydrogen (secondary N) is 1. The van der Waals surface area contributed by atoms with Gasteiger partial charge in [0.1, 0.15) is 0 Å². The average molecular weight is 175 g/mol. The van der Waals surface area contributed by atoms with Gasteiger partial charge in [-0.25, -0.2) is 0 Å². The summed E-state index contributed by atoms with van der Waals surface area (Å²) < 4.78 is 7.88. The first-order valence-electron chi connectivity index (χ1n) is 1.94. The van der Waals surface area contributed by atoms with Crippen LogP contribution >= 0.6 is 0 Å². The fourth-order valence-electron chi connectivity index (χ4n) is 0. The maximum atomic E-state index is 3.24. The molecule has 0 heterocycles. The molecule has 0 radical (unpaired) electrons. The second kappa shape index (κ2) is 3.04. The molecule has 0 aromatic heterocycles. The summed E-state index contributed by atoms with van der Waals surface area (Å²) in [6.45, 7) is 0. The van der Waals surface area contributed by atoms with E-state index in [0.29, 0.717) is 0 Å². The molecule has 0 aliphatic rings. The van der Waals surface area contributed by atoms with E-state index >= 15 is 0 Å². The molecular formula is C3H10InN. The monoisotopic (exact) mass is 175 g/mol. The Labute approximate surface area is 41.7 Å². The average Bonchev–Trinajstić information content (AvgIpc) is 1.38.